The van der Waals surface area contributed by atoms with Gasteiger partial charge in [-0.15, -0.1) is 11.3 Å². The number of hydrogen-bond donors (Lipinski definition) is 1. The van der Waals surface area contributed by atoms with Crippen LogP contribution in [0, 0.1) is 0 Å². The van der Waals surface area contributed by atoms with E-state index in [0.29, 0.717) is 0 Å². The van der Waals surface area contributed by atoms with Crippen molar-refractivity contribution in [2.24, 2.45) is 0 Å². The molecule has 0 saturated heterocycles. The van der Waals surface area contributed by atoms with Crippen molar-refractivity contribution < 1.29 is 5.11 Å². The largest absolute Gasteiger partial charge is 0.383 e. The van der Waals surface area contributed by atoms with Gasteiger partial charge in [0.15, 0.2) is 0 Å². The van der Waals surface area contributed by atoms with Crippen molar-refractivity contribution in [1.82, 2.24) is 0 Å². The van der Waals surface area contributed by atoms with Crippen molar-refractivity contribution in [3.05, 3.63) is 56.8 Å². The Labute approximate surface area is 118 Å². The molecule has 0 fully saturated rings. The van der Waals surface area contributed by atoms with E-state index in [1.807, 2.05) is 0 Å². The van der Waals surface area contributed by atoms with Crippen LogP contribution in [0.5, 0.6) is 0 Å². The first kappa shape index (κ1) is 12.9. The number of aryl methyl sites for hydroxylation is 3. The maximum Gasteiger partial charge on any atom is 0.113 e. The Morgan fingerprint density at radius 2 is 1.89 bits per heavy atom. The zero-order valence-electron chi connectivity index (χ0n) is 11.4. The molecule has 3 rings (SSSR count). The molecule has 1 aliphatic rings. The van der Waals surface area contributed by atoms with Gasteiger partial charge >= 0.3 is 0 Å². The third kappa shape index (κ3) is 2.60. The van der Waals surface area contributed by atoms with Crippen LogP contribution in [0.2, 0.25) is 0 Å². The van der Waals surface area contributed by atoms with E-state index in [1.165, 1.54) is 41.7 Å². The summed E-state index contributed by atoms with van der Waals surface area (Å²) in [6.45, 7) is 2.15. The molecule has 0 saturated carbocycles. The third-order valence-corrected chi connectivity index (χ3v) is 5.28. The molecule has 1 aromatic carbocycles. The summed E-state index contributed by atoms with van der Waals surface area (Å²) in [5.74, 6) is 0. The van der Waals surface area contributed by atoms with Crippen LogP contribution in [0.1, 0.15) is 52.3 Å². The first-order chi connectivity index (χ1) is 9.28. The predicted molar refractivity (Wildman–Crippen MR) is 80.8 cm³/mol. The van der Waals surface area contributed by atoms with Crippen LogP contribution in [-0.2, 0) is 19.3 Å². The summed E-state index contributed by atoms with van der Waals surface area (Å²) in [6, 6.07) is 10.6. The van der Waals surface area contributed by atoms with Gasteiger partial charge in [0.1, 0.15) is 6.10 Å². The second kappa shape index (κ2) is 5.48. The lowest BCUT2D eigenvalue weighted by atomic mass is 9.98. The maximum atomic E-state index is 10.5. The number of aliphatic hydroxyl groups excluding tert-OH is 1. The van der Waals surface area contributed by atoms with Gasteiger partial charge in [-0.05, 0) is 54.9 Å². The SMILES string of the molecule is CCc1ccc(C(O)c2cc3c(s2)CCCC3)cc1. The number of fused-ring (bicyclic) bond motifs is 1. The standard InChI is InChI=1S/C17H20OS/c1-2-12-7-9-13(10-8-12)17(18)16-11-14-5-3-4-6-15(14)19-16/h7-11,17-18H,2-6H2,1H3. The Morgan fingerprint density at radius 3 is 2.58 bits per heavy atom. The summed E-state index contributed by atoms with van der Waals surface area (Å²) < 4.78 is 0. The quantitative estimate of drug-likeness (QED) is 0.884. The van der Waals surface area contributed by atoms with Crippen molar-refractivity contribution in [2.75, 3.05) is 0 Å². The molecule has 1 aliphatic carbocycles. The summed E-state index contributed by atoms with van der Waals surface area (Å²) in [5.41, 5.74) is 3.80. The number of benzene rings is 1. The van der Waals surface area contributed by atoms with Gasteiger partial charge in [0.05, 0.1) is 0 Å². The number of aliphatic hydroxyl groups is 1. The Bertz CT molecular complexity index is 530. The van der Waals surface area contributed by atoms with Crippen molar-refractivity contribution in [2.45, 2.75) is 45.1 Å². The molecule has 2 aromatic rings. The van der Waals surface area contributed by atoms with E-state index in [2.05, 4.69) is 37.3 Å². The van der Waals surface area contributed by atoms with E-state index in [4.69, 9.17) is 0 Å². The molecule has 19 heavy (non-hydrogen) atoms. The Kier molecular flexibility index (Phi) is 3.72. The summed E-state index contributed by atoms with van der Waals surface area (Å²) >= 11 is 1.80. The van der Waals surface area contributed by atoms with Gasteiger partial charge in [0.25, 0.3) is 0 Å². The molecule has 1 aromatic heterocycles. The van der Waals surface area contributed by atoms with Gasteiger partial charge in [-0.3, -0.25) is 0 Å². The minimum absolute atomic E-state index is 0.457. The van der Waals surface area contributed by atoms with Crippen molar-refractivity contribution in [1.29, 1.82) is 0 Å². The van der Waals surface area contributed by atoms with Gasteiger partial charge in [0.2, 0.25) is 0 Å². The van der Waals surface area contributed by atoms with Gasteiger partial charge in [-0.2, -0.15) is 0 Å². The summed E-state index contributed by atoms with van der Waals surface area (Å²) in [7, 11) is 0. The van der Waals surface area contributed by atoms with Gasteiger partial charge in [0, 0.05) is 9.75 Å². The number of rotatable bonds is 3. The van der Waals surface area contributed by atoms with Crippen molar-refractivity contribution >= 4 is 11.3 Å². The van der Waals surface area contributed by atoms with E-state index in [0.717, 1.165) is 16.9 Å². The molecule has 1 heterocycles. The fraction of sp³-hybridized carbons (Fsp3) is 0.412. The van der Waals surface area contributed by atoms with Crippen LogP contribution in [0.15, 0.2) is 30.3 Å². The van der Waals surface area contributed by atoms with Crippen LogP contribution >= 0.6 is 11.3 Å². The van der Waals surface area contributed by atoms with E-state index in [1.54, 1.807) is 11.3 Å². The first-order valence-corrected chi connectivity index (χ1v) is 7.98. The zero-order chi connectivity index (χ0) is 13.2. The molecule has 1 atom stereocenters. The summed E-state index contributed by atoms with van der Waals surface area (Å²) in [4.78, 5) is 2.60. The lowest BCUT2D eigenvalue weighted by Crippen LogP contribution is -1.97. The molecule has 2 heteroatoms. The average Bonchev–Trinajstić information content (AvgIpc) is 2.90. The van der Waals surface area contributed by atoms with Gasteiger partial charge in [-0.25, -0.2) is 0 Å². The highest BCUT2D eigenvalue weighted by atomic mass is 32.1. The third-order valence-electron chi connectivity index (χ3n) is 3.99. The highest BCUT2D eigenvalue weighted by molar-refractivity contribution is 7.12. The molecule has 0 radical (unpaired) electrons. The minimum atomic E-state index is -0.457. The van der Waals surface area contributed by atoms with E-state index < -0.39 is 6.10 Å². The molecule has 0 bridgehead atoms. The molecule has 100 valence electrons. The molecule has 0 amide bonds. The van der Waals surface area contributed by atoms with Gasteiger partial charge in [-0.1, -0.05) is 31.2 Å². The second-order valence-electron chi connectivity index (χ2n) is 5.30. The normalized spacial score (nSPS) is 16.1. The van der Waals surface area contributed by atoms with Crippen molar-refractivity contribution in [3.8, 4) is 0 Å². The predicted octanol–water partition coefficient (Wildman–Crippen LogP) is 4.27. The topological polar surface area (TPSA) is 20.2 Å². The smallest absolute Gasteiger partial charge is 0.113 e. The summed E-state index contributed by atoms with van der Waals surface area (Å²) in [5, 5.41) is 10.5. The molecule has 1 N–H and O–H groups in total. The van der Waals surface area contributed by atoms with Crippen LogP contribution in [0.3, 0.4) is 0 Å². The molecule has 1 unspecified atom stereocenters. The van der Waals surface area contributed by atoms with Gasteiger partial charge < -0.3 is 5.11 Å². The molecular formula is C17H20OS. The maximum absolute atomic E-state index is 10.5. The molecule has 0 spiro atoms. The van der Waals surface area contributed by atoms with Crippen molar-refractivity contribution in [3.63, 3.8) is 0 Å². The highest BCUT2D eigenvalue weighted by Gasteiger charge is 2.18. The monoisotopic (exact) mass is 272 g/mol. The Morgan fingerprint density at radius 1 is 1.16 bits per heavy atom. The zero-order valence-corrected chi connectivity index (χ0v) is 12.2. The second-order valence-corrected chi connectivity index (χ2v) is 6.47. The molecule has 1 nitrogen and oxygen atoms in total. The lowest BCUT2D eigenvalue weighted by Gasteiger charge is -2.09. The van der Waals surface area contributed by atoms with Crippen LogP contribution in [-0.4, -0.2) is 5.11 Å². The number of hydrogen-bond acceptors (Lipinski definition) is 2. The highest BCUT2D eigenvalue weighted by Crippen LogP contribution is 2.35. The lowest BCUT2D eigenvalue weighted by molar-refractivity contribution is 0.224. The fourth-order valence-corrected chi connectivity index (χ4v) is 4.02. The Balaban J connectivity index is 1.85. The Hall–Kier alpha value is -1.12. The minimum Gasteiger partial charge on any atom is -0.383 e. The first-order valence-electron chi connectivity index (χ1n) is 7.16. The van der Waals surface area contributed by atoms with Crippen LogP contribution in [0.25, 0.3) is 0 Å². The summed E-state index contributed by atoms with van der Waals surface area (Å²) in [6.07, 6.45) is 5.57. The fourth-order valence-electron chi connectivity index (χ4n) is 2.75. The number of thiophene rings is 1. The van der Waals surface area contributed by atoms with E-state index in [9.17, 15) is 5.11 Å². The van der Waals surface area contributed by atoms with E-state index >= 15 is 0 Å². The van der Waals surface area contributed by atoms with Crippen LogP contribution < -0.4 is 0 Å². The molecular weight excluding hydrogens is 252 g/mol. The molecule has 0 aliphatic heterocycles. The average molecular weight is 272 g/mol. The van der Waals surface area contributed by atoms with Crippen LogP contribution in [0.4, 0.5) is 0 Å². The van der Waals surface area contributed by atoms with E-state index in [-0.39, 0.29) is 0 Å².